The molecule has 2 atom stereocenters. The number of aromatic nitrogens is 3. The number of piperazine rings is 1. The molecule has 2 N–H and O–H groups in total. The van der Waals surface area contributed by atoms with Crippen molar-refractivity contribution in [3.05, 3.63) is 47.7 Å². The van der Waals surface area contributed by atoms with Crippen molar-refractivity contribution in [3.63, 3.8) is 0 Å². The topological polar surface area (TPSA) is 95.9 Å². The number of anilines is 1. The van der Waals surface area contributed by atoms with Crippen LogP contribution in [-0.2, 0) is 11.2 Å². The molecule has 4 aliphatic rings. The molecule has 4 aromatic rings. The first-order valence-corrected chi connectivity index (χ1v) is 15.8. The van der Waals surface area contributed by atoms with Crippen LogP contribution < -0.4 is 15.0 Å². The molecule has 11 heteroatoms. The van der Waals surface area contributed by atoms with Gasteiger partial charge in [-0.25, -0.2) is 8.78 Å². The Morgan fingerprint density at radius 2 is 1.91 bits per heavy atom. The highest BCUT2D eigenvalue weighted by atomic mass is 19.1. The summed E-state index contributed by atoms with van der Waals surface area (Å²) >= 11 is 0. The number of aryl methyl sites for hydroxylation is 1. The Bertz CT molecular complexity index is 1950. The van der Waals surface area contributed by atoms with Gasteiger partial charge in [0.1, 0.15) is 28.6 Å². The molecule has 4 fully saturated rings. The average molecular weight is 621 g/mol. The SMILES string of the molecule is [2H]C([2H])(Oc1nc(N2C[C@H]3CC[C@@H](C2)N3)c2cnc(-c3cc(O)cc4ccc(F)c(CC)c34)c(F)c2n1)C1(C([2H])([2H])N2CCOCC2)CC1. The molecule has 3 aliphatic heterocycles. The van der Waals surface area contributed by atoms with Gasteiger partial charge in [0, 0.05) is 64.7 Å². The number of rotatable bonds is 8. The predicted molar refractivity (Wildman–Crippen MR) is 168 cm³/mol. The quantitative estimate of drug-likeness (QED) is 0.288. The number of phenols is 1. The number of hydrogen-bond acceptors (Lipinski definition) is 9. The molecule has 2 bridgehead atoms. The number of nitrogens with one attached hydrogen (secondary N) is 1. The van der Waals surface area contributed by atoms with Gasteiger partial charge in [0.25, 0.3) is 0 Å². The van der Waals surface area contributed by atoms with Crippen LogP contribution in [0.3, 0.4) is 0 Å². The minimum Gasteiger partial charge on any atom is -0.508 e. The van der Waals surface area contributed by atoms with E-state index in [4.69, 9.17) is 15.0 Å². The second-order valence-electron chi connectivity index (χ2n) is 12.5. The summed E-state index contributed by atoms with van der Waals surface area (Å²) in [6, 6.07) is 5.69. The van der Waals surface area contributed by atoms with E-state index in [9.17, 15) is 5.11 Å². The van der Waals surface area contributed by atoms with Gasteiger partial charge in [0.15, 0.2) is 5.82 Å². The van der Waals surface area contributed by atoms with Crippen LogP contribution in [0.25, 0.3) is 32.9 Å². The predicted octanol–water partition coefficient (Wildman–Crippen LogP) is 4.82. The number of benzene rings is 2. The van der Waals surface area contributed by atoms with Gasteiger partial charge < -0.3 is 24.8 Å². The normalized spacial score (nSPS) is 24.7. The van der Waals surface area contributed by atoms with Crippen LogP contribution in [-0.4, -0.2) is 89.5 Å². The van der Waals surface area contributed by atoms with E-state index in [1.807, 2.05) is 4.90 Å². The Morgan fingerprint density at radius 1 is 1.13 bits per heavy atom. The van der Waals surface area contributed by atoms with E-state index < -0.39 is 36.1 Å². The number of phenolic OH excluding ortho intramolecular Hbond substituents is 1. The number of halogens is 2. The first-order chi connectivity index (χ1) is 23.4. The van der Waals surface area contributed by atoms with E-state index in [1.54, 1.807) is 11.8 Å². The molecule has 8 rings (SSSR count). The summed E-state index contributed by atoms with van der Waals surface area (Å²) in [6.07, 6.45) is 4.23. The Hall–Kier alpha value is -3.67. The fourth-order valence-electron chi connectivity index (χ4n) is 6.98. The molecule has 0 radical (unpaired) electrons. The summed E-state index contributed by atoms with van der Waals surface area (Å²) in [5.74, 6) is -1.11. The van der Waals surface area contributed by atoms with E-state index >= 15 is 8.78 Å². The summed E-state index contributed by atoms with van der Waals surface area (Å²) in [5.41, 5.74) is -1.28. The lowest BCUT2D eigenvalue weighted by molar-refractivity contribution is 0.0231. The van der Waals surface area contributed by atoms with Gasteiger partial charge in [-0.3, -0.25) is 9.88 Å². The molecule has 0 amide bonds. The van der Waals surface area contributed by atoms with Gasteiger partial charge in [-0.15, -0.1) is 0 Å². The van der Waals surface area contributed by atoms with E-state index in [0.29, 0.717) is 73.4 Å². The Morgan fingerprint density at radius 3 is 2.64 bits per heavy atom. The molecule has 9 nitrogen and oxygen atoms in total. The molecule has 45 heavy (non-hydrogen) atoms. The second kappa shape index (κ2) is 11.3. The van der Waals surface area contributed by atoms with Crippen molar-refractivity contribution in [1.29, 1.82) is 0 Å². The van der Waals surface area contributed by atoms with Crippen LogP contribution >= 0.6 is 0 Å². The number of aromatic hydroxyl groups is 1. The van der Waals surface area contributed by atoms with Gasteiger partial charge in [0.05, 0.1) is 27.9 Å². The molecule has 1 aliphatic carbocycles. The van der Waals surface area contributed by atoms with Crippen molar-refractivity contribution < 1.29 is 28.8 Å². The monoisotopic (exact) mass is 620 g/mol. The molecule has 236 valence electrons. The zero-order chi connectivity index (χ0) is 34.3. The highest BCUT2D eigenvalue weighted by Crippen LogP contribution is 2.47. The van der Waals surface area contributed by atoms with Crippen molar-refractivity contribution in [3.8, 4) is 23.0 Å². The maximum absolute atomic E-state index is 17.0. The summed E-state index contributed by atoms with van der Waals surface area (Å²) in [4.78, 5) is 17.2. The fraction of sp³-hybridized carbons (Fsp3) is 0.500. The van der Waals surface area contributed by atoms with Crippen molar-refractivity contribution in [2.45, 2.75) is 51.1 Å². The minimum absolute atomic E-state index is 0.140. The summed E-state index contributed by atoms with van der Waals surface area (Å²) in [6.45, 7) is -0.311. The van der Waals surface area contributed by atoms with Crippen molar-refractivity contribution in [2.24, 2.45) is 5.41 Å². The maximum Gasteiger partial charge on any atom is 0.319 e. The number of hydrogen-bond donors (Lipinski definition) is 2. The van der Waals surface area contributed by atoms with Crippen LogP contribution in [0.4, 0.5) is 14.6 Å². The lowest BCUT2D eigenvalue weighted by Crippen LogP contribution is -2.51. The standard InChI is InChI=1S/C34H38F2N6O3/c1-2-24-27(35)6-3-20-13-23(43)14-25(28(20)24)30-29(36)31-26(15-37-30)32(42-16-21-4-5-22(17-42)38-21)40-33(39-31)45-19-34(7-8-34)18-41-9-11-44-12-10-41/h3,6,13-15,21-22,38,43H,2,4-5,7-12,16-19H2,1H3/t21-,22+/i18D2,19D2. The van der Waals surface area contributed by atoms with Crippen LogP contribution in [0, 0.1) is 17.0 Å². The third-order valence-electron chi connectivity index (χ3n) is 9.39. The summed E-state index contributed by atoms with van der Waals surface area (Å²) < 4.78 is 79.6. The van der Waals surface area contributed by atoms with Gasteiger partial charge >= 0.3 is 6.01 Å². The first-order valence-electron chi connectivity index (χ1n) is 17.8. The van der Waals surface area contributed by atoms with Crippen LogP contribution in [0.15, 0.2) is 30.5 Å². The zero-order valence-electron chi connectivity index (χ0n) is 29.1. The Labute approximate surface area is 266 Å². The first kappa shape index (κ1) is 24.5. The molecule has 0 spiro atoms. The molecule has 3 saturated heterocycles. The third kappa shape index (κ3) is 5.34. The van der Waals surface area contributed by atoms with Gasteiger partial charge in [0.2, 0.25) is 0 Å². The van der Waals surface area contributed by atoms with Crippen LogP contribution in [0.2, 0.25) is 0 Å². The zero-order valence-corrected chi connectivity index (χ0v) is 25.1. The number of fused-ring (bicyclic) bond motifs is 4. The average Bonchev–Trinajstić information content (AvgIpc) is 3.86. The lowest BCUT2D eigenvalue weighted by atomic mass is 9.94. The highest BCUT2D eigenvalue weighted by Gasteiger charge is 2.45. The van der Waals surface area contributed by atoms with Crippen molar-refractivity contribution in [2.75, 3.05) is 57.3 Å². The third-order valence-corrected chi connectivity index (χ3v) is 9.39. The number of nitrogens with zero attached hydrogens (tertiary/aromatic N) is 5. The number of ether oxygens (including phenoxy) is 2. The summed E-state index contributed by atoms with van der Waals surface area (Å²) in [5, 5.41) is 15.4. The van der Waals surface area contributed by atoms with Crippen LogP contribution in [0.5, 0.6) is 11.8 Å². The number of pyridine rings is 1. The molecule has 2 aromatic carbocycles. The minimum atomic E-state index is -2.55. The Kier molecular flexibility index (Phi) is 6.16. The van der Waals surface area contributed by atoms with Gasteiger partial charge in [-0.05, 0) is 66.6 Å². The maximum atomic E-state index is 17.0. The lowest BCUT2D eigenvalue weighted by Gasteiger charge is -2.34. The largest absolute Gasteiger partial charge is 0.508 e. The molecular formula is C34H38F2N6O3. The molecular weight excluding hydrogens is 578 g/mol. The smallest absolute Gasteiger partial charge is 0.319 e. The van der Waals surface area contributed by atoms with E-state index in [0.717, 1.165) is 12.8 Å². The molecule has 5 heterocycles. The Balaban J connectivity index is 1.27. The second-order valence-corrected chi connectivity index (χ2v) is 12.5. The van der Waals surface area contributed by atoms with E-state index in [-0.39, 0.29) is 47.4 Å². The van der Waals surface area contributed by atoms with Crippen LogP contribution in [0.1, 0.15) is 43.7 Å². The fourth-order valence-corrected chi connectivity index (χ4v) is 6.98. The van der Waals surface area contributed by atoms with Gasteiger partial charge in [-0.2, -0.15) is 9.97 Å². The molecule has 2 aromatic heterocycles. The van der Waals surface area contributed by atoms with Crippen molar-refractivity contribution >= 4 is 27.5 Å². The number of morpholine rings is 1. The summed E-state index contributed by atoms with van der Waals surface area (Å²) in [7, 11) is 0. The van der Waals surface area contributed by atoms with E-state index in [2.05, 4.69) is 20.3 Å². The highest BCUT2D eigenvalue weighted by molar-refractivity contribution is 6.01. The van der Waals surface area contributed by atoms with E-state index in [1.165, 1.54) is 30.5 Å². The molecule has 0 unspecified atom stereocenters. The van der Waals surface area contributed by atoms with Gasteiger partial charge in [-0.1, -0.05) is 13.0 Å². The van der Waals surface area contributed by atoms with Crippen molar-refractivity contribution in [1.82, 2.24) is 25.2 Å². The molecule has 1 saturated carbocycles.